The van der Waals surface area contributed by atoms with Crippen molar-refractivity contribution >= 4 is 46.5 Å². The molecule has 0 radical (unpaired) electrons. The average Bonchev–Trinajstić information content (AvgIpc) is 2.37. The summed E-state index contributed by atoms with van der Waals surface area (Å²) in [4.78, 5) is 14.8. The van der Waals surface area contributed by atoms with Crippen molar-refractivity contribution in [1.29, 1.82) is 0 Å². The number of carboxylic acids is 1. The molecular formula is C12H7Cl3N2O3. The summed E-state index contributed by atoms with van der Waals surface area (Å²) in [6, 6.07) is 4.06. The summed E-state index contributed by atoms with van der Waals surface area (Å²) in [6.45, 7) is 0. The zero-order valence-corrected chi connectivity index (χ0v) is 12.0. The van der Waals surface area contributed by atoms with Gasteiger partial charge in [-0.05, 0) is 12.1 Å². The molecule has 104 valence electrons. The van der Waals surface area contributed by atoms with E-state index in [1.165, 1.54) is 24.4 Å². The second kappa shape index (κ2) is 5.75. The largest absolute Gasteiger partial charge is 0.478 e. The van der Waals surface area contributed by atoms with E-state index in [1.807, 2.05) is 0 Å². The fourth-order valence-corrected chi connectivity index (χ4v) is 1.98. The molecule has 20 heavy (non-hydrogen) atoms. The van der Waals surface area contributed by atoms with Gasteiger partial charge >= 0.3 is 5.97 Å². The first-order valence-corrected chi connectivity index (χ1v) is 6.33. The number of anilines is 1. The normalized spacial score (nSPS) is 10.3. The van der Waals surface area contributed by atoms with Gasteiger partial charge in [-0.1, -0.05) is 34.8 Å². The Morgan fingerprint density at radius 3 is 2.50 bits per heavy atom. The number of nitrogens with two attached hydrogens (primary N) is 1. The fraction of sp³-hybridized carbons (Fsp3) is 0. The lowest BCUT2D eigenvalue weighted by atomic mass is 10.2. The Kier molecular flexibility index (Phi) is 4.23. The summed E-state index contributed by atoms with van der Waals surface area (Å²) in [5.41, 5.74) is 5.45. The number of nitrogen functional groups attached to an aromatic ring is 1. The van der Waals surface area contributed by atoms with Crippen LogP contribution in [0.2, 0.25) is 15.1 Å². The van der Waals surface area contributed by atoms with E-state index in [-0.39, 0.29) is 37.9 Å². The van der Waals surface area contributed by atoms with Crippen LogP contribution in [0.1, 0.15) is 10.4 Å². The number of aromatic nitrogens is 1. The molecule has 0 amide bonds. The smallest absolute Gasteiger partial charge is 0.338 e. The molecule has 0 unspecified atom stereocenters. The fourth-order valence-electron chi connectivity index (χ4n) is 1.41. The first kappa shape index (κ1) is 14.7. The van der Waals surface area contributed by atoms with Gasteiger partial charge in [0.2, 0.25) is 5.88 Å². The van der Waals surface area contributed by atoms with Crippen LogP contribution in [0, 0.1) is 0 Å². The summed E-state index contributed by atoms with van der Waals surface area (Å²) in [5, 5.41) is 9.66. The van der Waals surface area contributed by atoms with Crippen molar-refractivity contribution in [2.75, 3.05) is 5.73 Å². The monoisotopic (exact) mass is 332 g/mol. The number of ether oxygens (including phenoxy) is 1. The van der Waals surface area contributed by atoms with E-state index in [9.17, 15) is 4.79 Å². The number of aromatic carboxylic acids is 1. The molecule has 1 aromatic carbocycles. The molecular weight excluding hydrogens is 327 g/mol. The van der Waals surface area contributed by atoms with E-state index in [1.54, 1.807) is 0 Å². The van der Waals surface area contributed by atoms with Gasteiger partial charge in [-0.15, -0.1) is 0 Å². The molecule has 3 N–H and O–H groups in total. The molecule has 1 heterocycles. The number of carbonyl (C=O) groups is 1. The van der Waals surface area contributed by atoms with Gasteiger partial charge < -0.3 is 15.6 Å². The van der Waals surface area contributed by atoms with Crippen molar-refractivity contribution in [3.8, 4) is 11.6 Å². The number of nitrogens with zero attached hydrogens (tertiary/aromatic N) is 1. The summed E-state index contributed by atoms with van der Waals surface area (Å²) in [5.74, 6) is -1.09. The molecule has 0 bridgehead atoms. The van der Waals surface area contributed by atoms with Crippen LogP contribution in [0.3, 0.4) is 0 Å². The molecule has 0 spiro atoms. The molecule has 5 nitrogen and oxygen atoms in total. The first-order valence-electron chi connectivity index (χ1n) is 5.20. The van der Waals surface area contributed by atoms with E-state index in [0.717, 1.165) is 0 Å². The second-order valence-corrected chi connectivity index (χ2v) is 4.90. The first-order chi connectivity index (χ1) is 9.40. The van der Waals surface area contributed by atoms with Crippen LogP contribution in [0.5, 0.6) is 11.6 Å². The Morgan fingerprint density at radius 1 is 1.20 bits per heavy atom. The minimum Gasteiger partial charge on any atom is -0.478 e. The van der Waals surface area contributed by atoms with E-state index >= 15 is 0 Å². The van der Waals surface area contributed by atoms with Gasteiger partial charge in [-0.25, -0.2) is 9.78 Å². The molecule has 0 aliphatic carbocycles. The Balaban J connectivity index is 2.43. The lowest BCUT2D eigenvalue weighted by molar-refractivity contribution is 0.0697. The van der Waals surface area contributed by atoms with Crippen molar-refractivity contribution < 1.29 is 14.6 Å². The molecule has 0 saturated carbocycles. The predicted molar refractivity (Wildman–Crippen MR) is 77.2 cm³/mol. The van der Waals surface area contributed by atoms with Crippen LogP contribution in [-0.2, 0) is 0 Å². The van der Waals surface area contributed by atoms with Crippen LogP contribution in [0.25, 0.3) is 0 Å². The Morgan fingerprint density at radius 2 is 1.85 bits per heavy atom. The maximum atomic E-state index is 11.0. The van der Waals surface area contributed by atoms with Gasteiger partial charge in [0.05, 0.1) is 20.6 Å². The van der Waals surface area contributed by atoms with E-state index in [2.05, 4.69) is 4.98 Å². The van der Waals surface area contributed by atoms with E-state index < -0.39 is 5.97 Å². The van der Waals surface area contributed by atoms with Crippen LogP contribution >= 0.6 is 34.8 Å². The average molecular weight is 334 g/mol. The molecule has 0 fully saturated rings. The van der Waals surface area contributed by atoms with Gasteiger partial charge in [0.25, 0.3) is 0 Å². The Labute approximate surface area is 128 Å². The molecule has 2 aromatic rings. The van der Waals surface area contributed by atoms with Gasteiger partial charge in [0.1, 0.15) is 11.4 Å². The zero-order valence-electron chi connectivity index (χ0n) is 9.73. The van der Waals surface area contributed by atoms with Gasteiger partial charge in [0, 0.05) is 12.3 Å². The topological polar surface area (TPSA) is 85.4 Å². The number of halogens is 3. The highest BCUT2D eigenvalue weighted by Gasteiger charge is 2.16. The Hall–Kier alpha value is -1.69. The summed E-state index contributed by atoms with van der Waals surface area (Å²) < 4.78 is 5.39. The third-order valence-corrected chi connectivity index (χ3v) is 3.38. The number of carboxylic acid groups (broad SMARTS) is 1. The van der Waals surface area contributed by atoms with E-state index in [4.69, 9.17) is 50.4 Å². The number of hydrogen-bond donors (Lipinski definition) is 2. The molecule has 1 aromatic heterocycles. The zero-order chi connectivity index (χ0) is 14.9. The highest BCUT2D eigenvalue weighted by molar-refractivity contribution is 6.43. The summed E-state index contributed by atoms with van der Waals surface area (Å²) >= 11 is 17.6. The quantitative estimate of drug-likeness (QED) is 0.825. The standard InChI is InChI=1S/C12H7Cl3N2O3/c13-6-3-8(15)9(4-7(6)14)20-11-10(16)5(12(18)19)1-2-17-11/h1-4H,16H2,(H,18,19). The van der Waals surface area contributed by atoms with Crippen molar-refractivity contribution in [1.82, 2.24) is 4.98 Å². The number of benzene rings is 1. The SMILES string of the molecule is Nc1c(C(=O)O)ccnc1Oc1cc(Cl)c(Cl)cc1Cl. The molecule has 2 rings (SSSR count). The van der Waals surface area contributed by atoms with Gasteiger partial charge in [-0.2, -0.15) is 0 Å². The second-order valence-electron chi connectivity index (χ2n) is 3.68. The van der Waals surface area contributed by atoms with Crippen molar-refractivity contribution in [3.05, 3.63) is 45.0 Å². The van der Waals surface area contributed by atoms with Crippen LogP contribution in [0.15, 0.2) is 24.4 Å². The number of rotatable bonds is 3. The van der Waals surface area contributed by atoms with Crippen molar-refractivity contribution in [2.45, 2.75) is 0 Å². The third kappa shape index (κ3) is 2.90. The van der Waals surface area contributed by atoms with Crippen molar-refractivity contribution in [3.63, 3.8) is 0 Å². The maximum absolute atomic E-state index is 11.0. The maximum Gasteiger partial charge on any atom is 0.338 e. The van der Waals surface area contributed by atoms with E-state index in [0.29, 0.717) is 0 Å². The minimum absolute atomic E-state index is 0.0785. The van der Waals surface area contributed by atoms with Crippen LogP contribution in [0.4, 0.5) is 5.69 Å². The number of pyridine rings is 1. The molecule has 0 aliphatic rings. The van der Waals surface area contributed by atoms with Crippen molar-refractivity contribution in [2.24, 2.45) is 0 Å². The molecule has 0 atom stereocenters. The third-order valence-electron chi connectivity index (χ3n) is 2.37. The van der Waals surface area contributed by atoms with Gasteiger partial charge in [0.15, 0.2) is 0 Å². The highest BCUT2D eigenvalue weighted by atomic mass is 35.5. The molecule has 0 aliphatic heterocycles. The van der Waals surface area contributed by atoms with Gasteiger partial charge in [-0.3, -0.25) is 0 Å². The summed E-state index contributed by atoms with van der Waals surface area (Å²) in [6.07, 6.45) is 1.26. The number of hydrogen-bond acceptors (Lipinski definition) is 4. The minimum atomic E-state index is -1.19. The lowest BCUT2D eigenvalue weighted by Gasteiger charge is -2.11. The molecule has 0 saturated heterocycles. The predicted octanol–water partition coefficient (Wildman–Crippen LogP) is 4.11. The highest BCUT2D eigenvalue weighted by Crippen LogP contribution is 2.37. The van der Waals surface area contributed by atoms with Crippen LogP contribution < -0.4 is 10.5 Å². The van der Waals surface area contributed by atoms with Crippen LogP contribution in [-0.4, -0.2) is 16.1 Å². The lowest BCUT2D eigenvalue weighted by Crippen LogP contribution is -2.05. The Bertz CT molecular complexity index is 692. The summed E-state index contributed by atoms with van der Waals surface area (Å²) in [7, 11) is 0. The molecule has 8 heteroatoms.